The fraction of sp³-hybridized carbons (Fsp3) is 0.0588. The van der Waals surface area contributed by atoms with Gasteiger partial charge in [-0.1, -0.05) is 23.2 Å². The third-order valence-corrected chi connectivity index (χ3v) is 4.46. The van der Waals surface area contributed by atoms with Crippen LogP contribution in [-0.4, -0.2) is 24.5 Å². The number of anilines is 1. The van der Waals surface area contributed by atoms with Crippen LogP contribution in [0.15, 0.2) is 41.6 Å². The van der Waals surface area contributed by atoms with E-state index in [0.717, 1.165) is 5.39 Å². The highest BCUT2D eigenvalue weighted by Crippen LogP contribution is 2.34. The van der Waals surface area contributed by atoms with E-state index in [9.17, 15) is 4.79 Å². The number of nitrogens with one attached hydrogen (secondary N) is 1. The molecule has 4 aromatic rings. The lowest BCUT2D eigenvalue weighted by Crippen LogP contribution is -2.03. The third kappa shape index (κ3) is 2.81. The Bertz CT molecular complexity index is 1210. The third-order valence-electron chi connectivity index (χ3n) is 3.88. The van der Waals surface area contributed by atoms with Crippen LogP contribution in [0.25, 0.3) is 33.5 Å². The van der Waals surface area contributed by atoms with Crippen molar-refractivity contribution in [2.24, 2.45) is 7.05 Å². The first-order valence-electron chi connectivity index (χ1n) is 7.56. The minimum absolute atomic E-state index is 0.0948. The maximum atomic E-state index is 11.5. The molecule has 0 bridgehead atoms. The highest BCUT2D eigenvalue weighted by atomic mass is 35.5. The van der Waals surface area contributed by atoms with Gasteiger partial charge in [0.15, 0.2) is 11.0 Å². The number of nitrogens with zero attached hydrogens (tertiary/aromatic N) is 4. The van der Waals surface area contributed by atoms with E-state index in [1.807, 2.05) is 13.1 Å². The van der Waals surface area contributed by atoms with E-state index in [2.05, 4.69) is 19.9 Å². The largest absolute Gasteiger partial charge is 0.381 e. The molecule has 9 heteroatoms. The molecule has 0 amide bonds. The highest BCUT2D eigenvalue weighted by Gasteiger charge is 2.18. The lowest BCUT2D eigenvalue weighted by atomic mass is 10.0. The van der Waals surface area contributed by atoms with Crippen molar-refractivity contribution in [3.05, 3.63) is 57.3 Å². The number of rotatable bonds is 2. The van der Waals surface area contributed by atoms with Crippen molar-refractivity contribution >= 4 is 39.9 Å². The number of imidazole rings is 1. The molecule has 0 saturated carbocycles. The molecule has 1 aromatic carbocycles. The predicted molar refractivity (Wildman–Crippen MR) is 102 cm³/mol. The summed E-state index contributed by atoms with van der Waals surface area (Å²) >= 11 is 12.5. The Morgan fingerprint density at radius 3 is 2.69 bits per heavy atom. The maximum absolute atomic E-state index is 11.5. The number of fused-ring (bicyclic) bond motifs is 1. The molecule has 0 aliphatic carbocycles. The summed E-state index contributed by atoms with van der Waals surface area (Å²) in [4.78, 5) is 27.3. The monoisotopic (exact) mass is 386 g/mol. The molecule has 0 aliphatic heterocycles. The zero-order valence-electron chi connectivity index (χ0n) is 13.5. The summed E-state index contributed by atoms with van der Waals surface area (Å²) in [6.45, 7) is 0. The summed E-state index contributed by atoms with van der Waals surface area (Å²) in [5, 5.41) is 1.24. The van der Waals surface area contributed by atoms with Crippen LogP contribution in [0.5, 0.6) is 0 Å². The second-order valence-electron chi connectivity index (χ2n) is 5.77. The molecule has 0 fully saturated rings. The van der Waals surface area contributed by atoms with E-state index in [-0.39, 0.29) is 16.5 Å². The van der Waals surface area contributed by atoms with Crippen LogP contribution in [0.2, 0.25) is 10.2 Å². The molecule has 3 N–H and O–H groups in total. The summed E-state index contributed by atoms with van der Waals surface area (Å²) in [5.41, 5.74) is 8.45. The summed E-state index contributed by atoms with van der Waals surface area (Å²) < 4.78 is 1.80. The zero-order chi connectivity index (χ0) is 18.4. The van der Waals surface area contributed by atoms with Gasteiger partial charge in [0, 0.05) is 30.3 Å². The van der Waals surface area contributed by atoms with E-state index in [1.165, 1.54) is 6.07 Å². The van der Waals surface area contributed by atoms with Crippen LogP contribution in [0.3, 0.4) is 0 Å². The number of hydrogen-bond donors (Lipinski definition) is 2. The molecule has 0 spiro atoms. The van der Waals surface area contributed by atoms with Crippen molar-refractivity contribution < 1.29 is 0 Å². The van der Waals surface area contributed by atoms with Crippen molar-refractivity contribution in [1.29, 1.82) is 0 Å². The molecule has 0 aliphatic rings. The maximum Gasteiger partial charge on any atom is 0.248 e. The van der Waals surface area contributed by atoms with Gasteiger partial charge < -0.3 is 15.3 Å². The highest BCUT2D eigenvalue weighted by molar-refractivity contribution is 6.35. The van der Waals surface area contributed by atoms with Crippen LogP contribution in [0, 0.1) is 0 Å². The van der Waals surface area contributed by atoms with Gasteiger partial charge in [0.1, 0.15) is 17.1 Å². The van der Waals surface area contributed by atoms with Crippen LogP contribution in [-0.2, 0) is 7.05 Å². The van der Waals surface area contributed by atoms with Gasteiger partial charge in [-0.05, 0) is 18.2 Å². The Morgan fingerprint density at radius 1 is 1.15 bits per heavy atom. The fourth-order valence-corrected chi connectivity index (χ4v) is 3.10. The average molecular weight is 387 g/mol. The minimum Gasteiger partial charge on any atom is -0.381 e. The van der Waals surface area contributed by atoms with Crippen molar-refractivity contribution in [1.82, 2.24) is 24.5 Å². The number of benzene rings is 1. The molecule has 26 heavy (non-hydrogen) atoms. The van der Waals surface area contributed by atoms with Crippen LogP contribution < -0.4 is 11.3 Å². The van der Waals surface area contributed by atoms with Crippen LogP contribution >= 0.6 is 23.2 Å². The second kappa shape index (κ2) is 6.12. The van der Waals surface area contributed by atoms with E-state index in [4.69, 9.17) is 28.9 Å². The van der Waals surface area contributed by atoms with E-state index < -0.39 is 0 Å². The molecule has 0 atom stereocenters. The Labute approximate surface area is 157 Å². The molecule has 0 saturated heterocycles. The van der Waals surface area contributed by atoms with E-state index in [1.54, 1.807) is 29.2 Å². The van der Waals surface area contributed by atoms with Gasteiger partial charge >= 0.3 is 0 Å². The summed E-state index contributed by atoms with van der Waals surface area (Å²) in [6.07, 6.45) is 3.46. The number of aryl methyl sites for hydroxylation is 1. The smallest absolute Gasteiger partial charge is 0.248 e. The fourth-order valence-electron chi connectivity index (χ4n) is 2.70. The van der Waals surface area contributed by atoms with Crippen molar-refractivity contribution in [3.63, 3.8) is 0 Å². The molecule has 0 unspecified atom stereocenters. The van der Waals surface area contributed by atoms with Gasteiger partial charge in [-0.15, -0.1) is 0 Å². The average Bonchev–Trinajstić information content (AvgIpc) is 3.03. The summed E-state index contributed by atoms with van der Waals surface area (Å²) in [7, 11) is 1.85. The number of aromatic amines is 1. The Hall–Kier alpha value is -2.90. The first-order valence-corrected chi connectivity index (χ1v) is 8.32. The Kier molecular flexibility index (Phi) is 3.90. The topological polar surface area (TPSA) is 102 Å². The minimum atomic E-state index is -0.225. The lowest BCUT2D eigenvalue weighted by molar-refractivity contribution is 0.913. The number of halogens is 2. The second-order valence-corrected chi connectivity index (χ2v) is 6.53. The standard InChI is InChI=1S/C17H12Cl2N6O/c1-25-6-11(21-7-25)15-14(23-16(19)17(20)24-15)9-4-8-2-3-12(26)22-13(8)10(18)5-9/h2-7H,1H3,(H2,20,24)(H,22,26). The molecule has 4 rings (SSSR count). The first kappa shape index (κ1) is 16.6. The molecule has 3 aromatic heterocycles. The normalized spacial score (nSPS) is 11.2. The molecule has 3 heterocycles. The summed E-state index contributed by atoms with van der Waals surface area (Å²) in [5.74, 6) is 0.118. The SMILES string of the molecule is Cn1cnc(-c2nc(N)c(Cl)nc2-c2cc(Cl)c3[nH]c(=O)ccc3c2)c1. The number of hydrogen-bond acceptors (Lipinski definition) is 5. The Balaban J connectivity index is 2.01. The van der Waals surface area contributed by atoms with Crippen LogP contribution in [0.1, 0.15) is 0 Å². The summed E-state index contributed by atoms with van der Waals surface area (Å²) in [6, 6.07) is 6.67. The van der Waals surface area contributed by atoms with Crippen LogP contribution in [0.4, 0.5) is 5.82 Å². The van der Waals surface area contributed by atoms with Gasteiger partial charge in [0.2, 0.25) is 5.56 Å². The van der Waals surface area contributed by atoms with E-state index in [0.29, 0.717) is 33.2 Å². The molecule has 7 nitrogen and oxygen atoms in total. The van der Waals surface area contributed by atoms with Gasteiger partial charge in [0.25, 0.3) is 0 Å². The van der Waals surface area contributed by atoms with Gasteiger partial charge in [-0.3, -0.25) is 4.79 Å². The van der Waals surface area contributed by atoms with Crippen molar-refractivity contribution in [3.8, 4) is 22.6 Å². The molecule has 130 valence electrons. The Morgan fingerprint density at radius 2 is 1.96 bits per heavy atom. The number of nitrogen functional groups attached to an aromatic ring is 1. The quantitative estimate of drug-likeness (QED) is 0.550. The molecular weight excluding hydrogens is 375 g/mol. The van der Waals surface area contributed by atoms with Crippen molar-refractivity contribution in [2.45, 2.75) is 0 Å². The first-order chi connectivity index (χ1) is 12.4. The molecular formula is C17H12Cl2N6O. The zero-order valence-corrected chi connectivity index (χ0v) is 15.0. The van der Waals surface area contributed by atoms with Crippen molar-refractivity contribution in [2.75, 3.05) is 5.73 Å². The number of H-pyrrole nitrogens is 1. The van der Waals surface area contributed by atoms with Gasteiger partial charge in [0.05, 0.1) is 16.9 Å². The van der Waals surface area contributed by atoms with Gasteiger partial charge in [-0.25, -0.2) is 15.0 Å². The number of nitrogens with two attached hydrogens (primary N) is 1. The predicted octanol–water partition coefficient (Wildman–Crippen LogP) is 3.27. The lowest BCUT2D eigenvalue weighted by Gasteiger charge is -2.10. The van der Waals surface area contributed by atoms with Gasteiger partial charge in [-0.2, -0.15) is 0 Å². The van der Waals surface area contributed by atoms with E-state index >= 15 is 0 Å². The number of aromatic nitrogens is 5. The number of pyridine rings is 1. The molecule has 0 radical (unpaired) electrons.